The van der Waals surface area contributed by atoms with Gasteiger partial charge in [0.25, 0.3) is 0 Å². The number of anilines is 1. The molecule has 1 saturated carbocycles. The Bertz CT molecular complexity index is 372. The second-order valence-corrected chi connectivity index (χ2v) is 4.08. The zero-order valence-electron chi connectivity index (χ0n) is 8.01. The number of carbonyl (C=O) groups is 1. The van der Waals surface area contributed by atoms with Gasteiger partial charge in [-0.25, -0.2) is 0 Å². The van der Waals surface area contributed by atoms with Gasteiger partial charge in [0.2, 0.25) is 0 Å². The van der Waals surface area contributed by atoms with Crippen molar-refractivity contribution in [3.63, 3.8) is 0 Å². The summed E-state index contributed by atoms with van der Waals surface area (Å²) in [6, 6.07) is 5.89. The van der Waals surface area contributed by atoms with Gasteiger partial charge in [-0.2, -0.15) is 0 Å². The summed E-state index contributed by atoms with van der Waals surface area (Å²) >= 11 is 6.00. The predicted molar refractivity (Wildman–Crippen MR) is 58.1 cm³/mol. The van der Waals surface area contributed by atoms with Crippen LogP contribution in [0.2, 0.25) is 5.02 Å². The Morgan fingerprint density at radius 2 is 2.21 bits per heavy atom. The lowest BCUT2D eigenvalue weighted by Crippen LogP contribution is -2.03. The molecule has 14 heavy (non-hydrogen) atoms. The Kier molecular flexibility index (Phi) is 2.46. The topological polar surface area (TPSA) is 29.1 Å². The van der Waals surface area contributed by atoms with E-state index < -0.39 is 0 Å². The number of nitrogens with one attached hydrogen (secondary N) is 1. The SMILES string of the molecule is CC(=O)c1ccc(Cl)c(NC2CC2)c1. The van der Waals surface area contributed by atoms with Gasteiger partial charge in [-0.1, -0.05) is 11.6 Å². The summed E-state index contributed by atoms with van der Waals surface area (Å²) < 4.78 is 0. The second-order valence-electron chi connectivity index (χ2n) is 3.67. The van der Waals surface area contributed by atoms with E-state index in [0.717, 1.165) is 5.69 Å². The van der Waals surface area contributed by atoms with Crippen LogP contribution in [0.4, 0.5) is 5.69 Å². The summed E-state index contributed by atoms with van der Waals surface area (Å²) in [6.45, 7) is 1.56. The fourth-order valence-electron chi connectivity index (χ4n) is 1.30. The molecule has 2 nitrogen and oxygen atoms in total. The highest BCUT2D eigenvalue weighted by Crippen LogP contribution is 2.30. The van der Waals surface area contributed by atoms with Crippen LogP contribution < -0.4 is 5.32 Å². The van der Waals surface area contributed by atoms with Crippen molar-refractivity contribution < 1.29 is 4.79 Å². The minimum atomic E-state index is 0.0699. The van der Waals surface area contributed by atoms with Gasteiger partial charge < -0.3 is 5.32 Å². The second kappa shape index (κ2) is 3.62. The molecular weight excluding hydrogens is 198 g/mol. The average molecular weight is 210 g/mol. The first-order valence-electron chi connectivity index (χ1n) is 4.74. The highest BCUT2D eigenvalue weighted by molar-refractivity contribution is 6.33. The van der Waals surface area contributed by atoms with Gasteiger partial charge in [0.05, 0.1) is 10.7 Å². The maximum absolute atomic E-state index is 11.1. The highest BCUT2D eigenvalue weighted by atomic mass is 35.5. The number of hydrogen-bond donors (Lipinski definition) is 1. The third-order valence-electron chi connectivity index (χ3n) is 2.31. The molecule has 1 aliphatic rings. The molecule has 1 N–H and O–H groups in total. The first-order valence-corrected chi connectivity index (χ1v) is 5.11. The summed E-state index contributed by atoms with van der Waals surface area (Å²) in [5, 5.41) is 3.98. The molecule has 1 aromatic carbocycles. The van der Waals surface area contributed by atoms with Gasteiger partial charge >= 0.3 is 0 Å². The summed E-state index contributed by atoms with van der Waals surface area (Å²) in [7, 11) is 0. The van der Waals surface area contributed by atoms with E-state index in [1.165, 1.54) is 12.8 Å². The molecule has 0 atom stereocenters. The fraction of sp³-hybridized carbons (Fsp3) is 0.364. The van der Waals surface area contributed by atoms with Crippen LogP contribution in [0.1, 0.15) is 30.1 Å². The van der Waals surface area contributed by atoms with Crippen LogP contribution in [0.3, 0.4) is 0 Å². The summed E-state index contributed by atoms with van der Waals surface area (Å²) in [5.41, 5.74) is 1.58. The molecular formula is C11H12ClNO. The first kappa shape index (κ1) is 9.53. The van der Waals surface area contributed by atoms with Crippen molar-refractivity contribution in [2.24, 2.45) is 0 Å². The normalized spacial score (nSPS) is 15.3. The molecule has 0 spiro atoms. The van der Waals surface area contributed by atoms with E-state index in [1.807, 2.05) is 6.07 Å². The standard InChI is InChI=1S/C11H12ClNO/c1-7(14)8-2-5-10(12)11(6-8)13-9-3-4-9/h2,5-6,9,13H,3-4H2,1H3. The molecule has 74 valence electrons. The lowest BCUT2D eigenvalue weighted by atomic mass is 10.1. The van der Waals surface area contributed by atoms with Crippen molar-refractivity contribution in [1.29, 1.82) is 0 Å². The lowest BCUT2D eigenvalue weighted by Gasteiger charge is -2.07. The zero-order valence-corrected chi connectivity index (χ0v) is 8.77. The maximum atomic E-state index is 11.1. The summed E-state index contributed by atoms with van der Waals surface area (Å²) in [6.07, 6.45) is 2.39. The Morgan fingerprint density at radius 3 is 2.79 bits per heavy atom. The molecule has 0 saturated heterocycles. The smallest absolute Gasteiger partial charge is 0.159 e. The van der Waals surface area contributed by atoms with Crippen molar-refractivity contribution in [2.75, 3.05) is 5.32 Å². The molecule has 1 fully saturated rings. The molecule has 1 aliphatic carbocycles. The van der Waals surface area contributed by atoms with Crippen molar-refractivity contribution >= 4 is 23.1 Å². The Balaban J connectivity index is 2.26. The summed E-state index contributed by atoms with van der Waals surface area (Å²) in [4.78, 5) is 11.1. The van der Waals surface area contributed by atoms with E-state index in [4.69, 9.17) is 11.6 Å². The van der Waals surface area contributed by atoms with Gasteiger partial charge in [-0.3, -0.25) is 4.79 Å². The highest BCUT2D eigenvalue weighted by Gasteiger charge is 2.21. The lowest BCUT2D eigenvalue weighted by molar-refractivity contribution is 0.101. The molecule has 2 rings (SSSR count). The van der Waals surface area contributed by atoms with E-state index in [2.05, 4.69) is 5.32 Å². The number of benzene rings is 1. The van der Waals surface area contributed by atoms with E-state index in [-0.39, 0.29) is 5.78 Å². The monoisotopic (exact) mass is 209 g/mol. The zero-order chi connectivity index (χ0) is 10.1. The third kappa shape index (κ3) is 2.07. The van der Waals surface area contributed by atoms with E-state index >= 15 is 0 Å². The van der Waals surface area contributed by atoms with E-state index in [0.29, 0.717) is 16.6 Å². The Hall–Kier alpha value is -1.02. The molecule has 0 radical (unpaired) electrons. The van der Waals surface area contributed by atoms with Gasteiger partial charge in [-0.15, -0.1) is 0 Å². The van der Waals surface area contributed by atoms with Crippen LogP contribution in [0.25, 0.3) is 0 Å². The van der Waals surface area contributed by atoms with Gasteiger partial charge in [-0.05, 0) is 38.0 Å². The Morgan fingerprint density at radius 1 is 1.50 bits per heavy atom. The van der Waals surface area contributed by atoms with Crippen LogP contribution in [0.5, 0.6) is 0 Å². The molecule has 0 unspecified atom stereocenters. The van der Waals surface area contributed by atoms with Gasteiger partial charge in [0.15, 0.2) is 5.78 Å². The quantitative estimate of drug-likeness (QED) is 0.775. The molecule has 3 heteroatoms. The van der Waals surface area contributed by atoms with Crippen LogP contribution in [-0.2, 0) is 0 Å². The minimum absolute atomic E-state index is 0.0699. The molecule has 0 heterocycles. The number of halogens is 1. The van der Waals surface area contributed by atoms with Gasteiger partial charge in [0.1, 0.15) is 0 Å². The molecule has 0 bridgehead atoms. The van der Waals surface area contributed by atoms with Crippen molar-refractivity contribution in [1.82, 2.24) is 0 Å². The van der Waals surface area contributed by atoms with Crippen molar-refractivity contribution in [3.05, 3.63) is 28.8 Å². The number of carbonyl (C=O) groups excluding carboxylic acids is 1. The maximum Gasteiger partial charge on any atom is 0.159 e. The predicted octanol–water partition coefficient (Wildman–Crippen LogP) is 3.12. The molecule has 1 aromatic rings. The van der Waals surface area contributed by atoms with Gasteiger partial charge in [0, 0.05) is 11.6 Å². The molecule has 0 amide bonds. The van der Waals surface area contributed by atoms with Crippen LogP contribution in [0, 0.1) is 0 Å². The Labute approximate surface area is 88.3 Å². The van der Waals surface area contributed by atoms with Crippen LogP contribution in [-0.4, -0.2) is 11.8 Å². The number of hydrogen-bond acceptors (Lipinski definition) is 2. The number of Topliss-reactive ketones (excluding diaryl/α,β-unsaturated/α-hetero) is 1. The largest absolute Gasteiger partial charge is 0.381 e. The molecule has 0 aromatic heterocycles. The molecule has 0 aliphatic heterocycles. The van der Waals surface area contributed by atoms with Crippen molar-refractivity contribution in [2.45, 2.75) is 25.8 Å². The van der Waals surface area contributed by atoms with Crippen LogP contribution >= 0.6 is 11.6 Å². The van der Waals surface area contributed by atoms with E-state index in [1.54, 1.807) is 19.1 Å². The summed E-state index contributed by atoms with van der Waals surface area (Å²) in [5.74, 6) is 0.0699. The average Bonchev–Trinajstić information content (AvgIpc) is 2.92. The third-order valence-corrected chi connectivity index (χ3v) is 2.64. The van der Waals surface area contributed by atoms with Crippen LogP contribution in [0.15, 0.2) is 18.2 Å². The minimum Gasteiger partial charge on any atom is -0.381 e. The number of ketones is 1. The van der Waals surface area contributed by atoms with E-state index in [9.17, 15) is 4.79 Å². The fourth-order valence-corrected chi connectivity index (χ4v) is 1.47. The van der Waals surface area contributed by atoms with Crippen molar-refractivity contribution in [3.8, 4) is 0 Å². The first-order chi connectivity index (χ1) is 6.66. The number of rotatable bonds is 3.